The van der Waals surface area contributed by atoms with E-state index in [9.17, 15) is 4.79 Å². The van der Waals surface area contributed by atoms with Gasteiger partial charge in [-0.15, -0.1) is 0 Å². The lowest BCUT2D eigenvalue weighted by Gasteiger charge is -2.59. The van der Waals surface area contributed by atoms with E-state index < -0.39 is 0 Å². The molecule has 0 spiro atoms. The smallest absolute Gasteiger partial charge is 0.226 e. The van der Waals surface area contributed by atoms with Crippen molar-refractivity contribution < 1.29 is 4.79 Å². The molecule has 2 atom stereocenters. The molecule has 4 bridgehead atoms. The van der Waals surface area contributed by atoms with Gasteiger partial charge in [-0.1, -0.05) is 28.1 Å². The number of carbonyl (C=O) groups is 1. The summed E-state index contributed by atoms with van der Waals surface area (Å²) in [5.74, 6) is 2.52. The van der Waals surface area contributed by atoms with Crippen molar-refractivity contribution in [3.8, 4) is 0 Å². The van der Waals surface area contributed by atoms with Gasteiger partial charge in [0.2, 0.25) is 5.91 Å². The number of hydrogen-bond acceptors (Lipinski definition) is 2. The molecule has 4 aliphatic rings. The van der Waals surface area contributed by atoms with Crippen molar-refractivity contribution in [2.45, 2.75) is 49.4 Å². The molecule has 2 unspecified atom stereocenters. The number of alkyl halides is 1. The van der Waals surface area contributed by atoms with Crippen LogP contribution in [0.25, 0.3) is 11.0 Å². The minimum Gasteiger partial charge on any atom is -0.348 e. The van der Waals surface area contributed by atoms with Crippen molar-refractivity contribution in [3.63, 3.8) is 0 Å². The summed E-state index contributed by atoms with van der Waals surface area (Å²) >= 11 is 3.98. The molecule has 1 aromatic heterocycles. The van der Waals surface area contributed by atoms with Gasteiger partial charge in [0.1, 0.15) is 5.82 Å². The lowest BCUT2D eigenvalue weighted by Crippen LogP contribution is -2.58. The molecular weight excluding hydrogens is 366 g/mol. The van der Waals surface area contributed by atoms with Crippen LogP contribution in [0.2, 0.25) is 0 Å². The van der Waals surface area contributed by atoms with Gasteiger partial charge in [-0.3, -0.25) is 4.79 Å². The molecule has 0 aliphatic heterocycles. The second-order valence-electron chi connectivity index (χ2n) is 8.28. The highest BCUT2D eigenvalue weighted by Gasteiger charge is 2.59. The summed E-state index contributed by atoms with van der Waals surface area (Å²) in [5.41, 5.74) is 1.83. The Labute approximate surface area is 149 Å². The van der Waals surface area contributed by atoms with E-state index in [0.29, 0.717) is 6.54 Å². The summed E-state index contributed by atoms with van der Waals surface area (Å²) in [5, 5.41) is 3.18. The molecule has 1 aromatic carbocycles. The standard InChI is InChI=1S/C19H22BrN3O/c20-19-8-12-5-13(9-19)7-18(6-12,11-19)17(24)21-10-16-22-14-3-1-2-4-15(14)23-16/h1-4,12-13H,5-11H2,(H,21,24)(H,22,23). The number of rotatable bonds is 3. The highest BCUT2D eigenvalue weighted by Crippen LogP contribution is 2.64. The maximum Gasteiger partial charge on any atom is 0.226 e. The molecule has 6 rings (SSSR count). The Morgan fingerprint density at radius 3 is 2.71 bits per heavy atom. The van der Waals surface area contributed by atoms with Crippen molar-refractivity contribution in [3.05, 3.63) is 30.1 Å². The zero-order valence-electron chi connectivity index (χ0n) is 13.6. The number of H-pyrrole nitrogens is 1. The van der Waals surface area contributed by atoms with E-state index in [2.05, 4.69) is 31.2 Å². The van der Waals surface area contributed by atoms with E-state index in [0.717, 1.165) is 48.0 Å². The Morgan fingerprint density at radius 2 is 2.00 bits per heavy atom. The number of aromatic amines is 1. The van der Waals surface area contributed by atoms with Crippen LogP contribution >= 0.6 is 15.9 Å². The molecule has 2 aromatic rings. The zero-order chi connectivity index (χ0) is 16.4. The van der Waals surface area contributed by atoms with Crippen LogP contribution in [0, 0.1) is 17.3 Å². The number of nitrogens with one attached hydrogen (secondary N) is 2. The normalized spacial score (nSPS) is 37.0. The van der Waals surface area contributed by atoms with Gasteiger partial charge in [0, 0.05) is 4.32 Å². The molecule has 1 amide bonds. The monoisotopic (exact) mass is 387 g/mol. The van der Waals surface area contributed by atoms with E-state index in [1.165, 1.54) is 19.3 Å². The van der Waals surface area contributed by atoms with Crippen LogP contribution in [-0.4, -0.2) is 20.2 Å². The predicted molar refractivity (Wildman–Crippen MR) is 96.7 cm³/mol. The minimum absolute atomic E-state index is 0.153. The van der Waals surface area contributed by atoms with Crippen LogP contribution in [0.1, 0.15) is 44.3 Å². The van der Waals surface area contributed by atoms with Crippen molar-refractivity contribution in [2.75, 3.05) is 0 Å². The topological polar surface area (TPSA) is 57.8 Å². The fourth-order valence-electron chi connectivity index (χ4n) is 5.86. The Bertz CT molecular complexity index is 767. The van der Waals surface area contributed by atoms with Gasteiger partial charge in [0.25, 0.3) is 0 Å². The van der Waals surface area contributed by atoms with E-state index in [1.54, 1.807) is 0 Å². The molecule has 24 heavy (non-hydrogen) atoms. The Hall–Kier alpha value is -1.36. The maximum absolute atomic E-state index is 13.1. The first-order chi connectivity index (χ1) is 11.5. The number of fused-ring (bicyclic) bond motifs is 1. The third-order valence-electron chi connectivity index (χ3n) is 6.33. The average molecular weight is 388 g/mol. The van der Waals surface area contributed by atoms with Gasteiger partial charge in [0.05, 0.1) is 23.0 Å². The molecule has 4 aliphatic carbocycles. The Balaban J connectivity index is 1.33. The maximum atomic E-state index is 13.1. The Kier molecular flexibility index (Phi) is 3.16. The van der Waals surface area contributed by atoms with Gasteiger partial charge < -0.3 is 10.3 Å². The molecular formula is C19H22BrN3O. The fourth-order valence-corrected chi connectivity index (χ4v) is 7.31. The number of imidazole rings is 1. The summed E-state index contributed by atoms with van der Waals surface area (Å²) in [6.45, 7) is 0.486. The summed E-state index contributed by atoms with van der Waals surface area (Å²) < 4.78 is 0.216. The number of amides is 1. The number of carbonyl (C=O) groups excluding carboxylic acids is 1. The van der Waals surface area contributed by atoms with Gasteiger partial charge in [-0.2, -0.15) is 0 Å². The van der Waals surface area contributed by atoms with Crippen LogP contribution in [-0.2, 0) is 11.3 Å². The number of benzene rings is 1. The number of para-hydroxylation sites is 2. The number of halogens is 1. The summed E-state index contributed by atoms with van der Waals surface area (Å²) in [4.78, 5) is 20.9. The highest BCUT2D eigenvalue weighted by atomic mass is 79.9. The van der Waals surface area contributed by atoms with Gasteiger partial charge in [-0.05, 0) is 62.5 Å². The molecule has 4 nitrogen and oxygen atoms in total. The van der Waals surface area contributed by atoms with E-state index in [4.69, 9.17) is 0 Å². The first-order valence-electron chi connectivity index (χ1n) is 8.95. The fraction of sp³-hybridized carbons (Fsp3) is 0.579. The zero-order valence-corrected chi connectivity index (χ0v) is 15.2. The first-order valence-corrected chi connectivity index (χ1v) is 9.74. The third kappa shape index (κ3) is 2.32. The first kappa shape index (κ1) is 14.9. The van der Waals surface area contributed by atoms with Crippen molar-refractivity contribution in [1.82, 2.24) is 15.3 Å². The summed E-state index contributed by atoms with van der Waals surface area (Å²) in [7, 11) is 0. The molecule has 4 saturated carbocycles. The Morgan fingerprint density at radius 1 is 1.25 bits per heavy atom. The number of aromatic nitrogens is 2. The number of hydrogen-bond donors (Lipinski definition) is 2. The second kappa shape index (κ2) is 5.07. The SMILES string of the molecule is O=C(NCc1nc2ccccc2[nH]1)C12CC3CC(CC(Br)(C3)C1)C2. The summed E-state index contributed by atoms with van der Waals surface area (Å²) in [6, 6.07) is 7.98. The molecule has 0 saturated heterocycles. The van der Waals surface area contributed by atoms with Crippen LogP contribution < -0.4 is 5.32 Å². The third-order valence-corrected chi connectivity index (χ3v) is 7.25. The molecule has 4 fully saturated rings. The predicted octanol–water partition coefficient (Wildman–Crippen LogP) is 3.91. The van der Waals surface area contributed by atoms with E-state index in [-0.39, 0.29) is 15.6 Å². The van der Waals surface area contributed by atoms with Crippen LogP contribution in [0.5, 0.6) is 0 Å². The molecule has 1 heterocycles. The highest BCUT2D eigenvalue weighted by molar-refractivity contribution is 9.10. The molecule has 0 radical (unpaired) electrons. The molecule has 126 valence electrons. The van der Waals surface area contributed by atoms with Crippen LogP contribution in [0.15, 0.2) is 24.3 Å². The molecule has 2 N–H and O–H groups in total. The van der Waals surface area contributed by atoms with Gasteiger partial charge in [0.15, 0.2) is 0 Å². The largest absolute Gasteiger partial charge is 0.348 e. The number of nitrogens with zero attached hydrogens (tertiary/aromatic N) is 1. The van der Waals surface area contributed by atoms with E-state index in [1.807, 2.05) is 24.3 Å². The van der Waals surface area contributed by atoms with Crippen LogP contribution in [0.3, 0.4) is 0 Å². The second-order valence-corrected chi connectivity index (χ2v) is 9.96. The van der Waals surface area contributed by atoms with Gasteiger partial charge >= 0.3 is 0 Å². The summed E-state index contributed by atoms with van der Waals surface area (Å²) in [6.07, 6.45) is 6.97. The lowest BCUT2D eigenvalue weighted by molar-refractivity contribution is -0.144. The lowest BCUT2D eigenvalue weighted by atomic mass is 9.49. The minimum atomic E-state index is -0.153. The van der Waals surface area contributed by atoms with Crippen molar-refractivity contribution >= 4 is 32.9 Å². The van der Waals surface area contributed by atoms with E-state index >= 15 is 0 Å². The van der Waals surface area contributed by atoms with Crippen molar-refractivity contribution in [1.29, 1.82) is 0 Å². The quantitative estimate of drug-likeness (QED) is 0.784. The van der Waals surface area contributed by atoms with Gasteiger partial charge in [-0.25, -0.2) is 4.98 Å². The molecule has 5 heteroatoms. The van der Waals surface area contributed by atoms with Crippen LogP contribution in [0.4, 0.5) is 0 Å². The van der Waals surface area contributed by atoms with Crippen molar-refractivity contribution in [2.24, 2.45) is 17.3 Å². The average Bonchev–Trinajstić information content (AvgIpc) is 2.93.